The summed E-state index contributed by atoms with van der Waals surface area (Å²) in [5.74, 6) is 2.51. The first-order chi connectivity index (χ1) is 23.1. The van der Waals surface area contributed by atoms with Crippen LogP contribution in [0.1, 0.15) is 0 Å². The van der Waals surface area contributed by atoms with Crippen molar-refractivity contribution in [2.24, 2.45) is 7.05 Å². The summed E-state index contributed by atoms with van der Waals surface area (Å²) in [5.41, 5.74) is 8.63. The molecule has 0 saturated heterocycles. The van der Waals surface area contributed by atoms with Crippen LogP contribution < -0.4 is 5.69 Å². The van der Waals surface area contributed by atoms with Crippen molar-refractivity contribution in [1.29, 1.82) is 0 Å². The molecule has 8 rings (SSSR count). The third-order valence-electron chi connectivity index (χ3n) is 8.33. The lowest BCUT2D eigenvalue weighted by Crippen LogP contribution is -2.21. The van der Waals surface area contributed by atoms with E-state index in [4.69, 9.17) is 15.0 Å². The highest BCUT2D eigenvalue weighted by atomic mass is 16.1. The van der Waals surface area contributed by atoms with Crippen molar-refractivity contribution in [3.8, 4) is 62.2 Å². The van der Waals surface area contributed by atoms with Crippen LogP contribution in [0, 0.1) is 0 Å². The maximum absolute atomic E-state index is 13.1. The zero-order valence-corrected chi connectivity index (χ0v) is 25.5. The van der Waals surface area contributed by atoms with Gasteiger partial charge < -0.3 is 0 Å². The van der Waals surface area contributed by atoms with Crippen LogP contribution >= 0.6 is 0 Å². The molecule has 0 radical (unpaired) electrons. The fraction of sp³-hybridized carbons (Fsp3) is 0.0250. The van der Waals surface area contributed by atoms with E-state index < -0.39 is 0 Å². The molecular weight excluding hydrogens is 580 g/mol. The molecule has 0 N–H and O–H groups in total. The van der Waals surface area contributed by atoms with Crippen LogP contribution in [0.15, 0.2) is 157 Å². The molecule has 47 heavy (non-hydrogen) atoms. The molecule has 0 saturated carbocycles. The van der Waals surface area contributed by atoms with E-state index in [1.807, 2.05) is 91.0 Å². The maximum atomic E-state index is 13.1. The van der Waals surface area contributed by atoms with E-state index in [0.29, 0.717) is 23.3 Å². The van der Waals surface area contributed by atoms with Gasteiger partial charge in [-0.25, -0.2) is 29.3 Å². The van der Waals surface area contributed by atoms with Gasteiger partial charge in [0.05, 0.1) is 11.0 Å². The molecule has 0 amide bonds. The van der Waals surface area contributed by atoms with Crippen LogP contribution in [0.4, 0.5) is 0 Å². The van der Waals surface area contributed by atoms with E-state index in [1.165, 1.54) is 0 Å². The molecule has 0 atom stereocenters. The van der Waals surface area contributed by atoms with Gasteiger partial charge in [-0.2, -0.15) is 0 Å². The molecule has 8 aromatic rings. The number of imidazole rings is 1. The fourth-order valence-electron chi connectivity index (χ4n) is 5.83. The molecule has 0 fully saturated rings. The van der Waals surface area contributed by atoms with Crippen molar-refractivity contribution in [3.05, 3.63) is 162 Å². The summed E-state index contributed by atoms with van der Waals surface area (Å²) in [5, 5.41) is 0. The van der Waals surface area contributed by atoms with Crippen molar-refractivity contribution in [3.63, 3.8) is 0 Å². The van der Waals surface area contributed by atoms with Crippen molar-refractivity contribution < 1.29 is 0 Å². The first-order valence-corrected chi connectivity index (χ1v) is 15.3. The first kappa shape index (κ1) is 28.0. The number of hydrogen-bond acceptors (Lipinski definition) is 5. The van der Waals surface area contributed by atoms with Gasteiger partial charge in [-0.1, -0.05) is 121 Å². The lowest BCUT2D eigenvalue weighted by Gasteiger charge is -2.09. The minimum absolute atomic E-state index is 0.126. The highest BCUT2D eigenvalue weighted by molar-refractivity contribution is 5.84. The van der Waals surface area contributed by atoms with E-state index >= 15 is 0 Å². The number of fused-ring (bicyclic) bond motifs is 1. The normalized spacial score (nSPS) is 11.2. The summed E-state index contributed by atoms with van der Waals surface area (Å²) in [4.78, 5) is 32.0. The number of aryl methyl sites for hydroxylation is 1. The van der Waals surface area contributed by atoms with Gasteiger partial charge in [0.2, 0.25) is 0 Å². The van der Waals surface area contributed by atoms with Crippen molar-refractivity contribution >= 4 is 11.0 Å². The Morgan fingerprint density at radius 1 is 0.447 bits per heavy atom. The lowest BCUT2D eigenvalue weighted by molar-refractivity contribution is 0.834. The second-order valence-electron chi connectivity index (χ2n) is 11.3. The Labute approximate surface area is 271 Å². The average Bonchev–Trinajstić information content (AvgIpc) is 3.41. The SMILES string of the molecule is Cn1c(=O)n(-c2ccccn2)c2ccc(-c3ccc(-c4ccc(-c5nc(-c6ccccc6)nc(-c6ccccc6)n5)cc4)cc3)cc21. The van der Waals surface area contributed by atoms with Crippen LogP contribution in [0.25, 0.3) is 73.3 Å². The van der Waals surface area contributed by atoms with E-state index in [9.17, 15) is 4.79 Å². The second kappa shape index (κ2) is 11.8. The molecule has 7 heteroatoms. The van der Waals surface area contributed by atoms with Gasteiger partial charge in [0.1, 0.15) is 5.82 Å². The minimum Gasteiger partial charge on any atom is -0.295 e. The van der Waals surface area contributed by atoms with Crippen LogP contribution in [-0.4, -0.2) is 29.1 Å². The Hall–Kier alpha value is -6.47. The van der Waals surface area contributed by atoms with Crippen LogP contribution in [0.2, 0.25) is 0 Å². The number of rotatable bonds is 6. The summed E-state index contributed by atoms with van der Waals surface area (Å²) in [7, 11) is 1.79. The maximum Gasteiger partial charge on any atom is 0.334 e. The van der Waals surface area contributed by atoms with Gasteiger partial charge in [-0.15, -0.1) is 0 Å². The van der Waals surface area contributed by atoms with Crippen molar-refractivity contribution in [2.75, 3.05) is 0 Å². The first-order valence-electron chi connectivity index (χ1n) is 15.3. The molecule has 224 valence electrons. The van der Waals surface area contributed by atoms with Gasteiger partial charge in [0, 0.05) is 29.9 Å². The zero-order valence-electron chi connectivity index (χ0n) is 25.5. The lowest BCUT2D eigenvalue weighted by atomic mass is 9.99. The van der Waals surface area contributed by atoms with Crippen molar-refractivity contribution in [1.82, 2.24) is 29.1 Å². The standard InChI is InChI=1S/C40H28N6O/c1-45-35-26-33(23-24-34(35)46(40(45)47)36-14-8-9-25-41-36)29-17-15-27(16-18-29)28-19-21-32(22-20-28)39-43-37(30-10-4-2-5-11-30)42-38(44-39)31-12-6-3-7-13-31/h2-26H,1H3. The Morgan fingerprint density at radius 2 is 0.894 bits per heavy atom. The molecule has 0 bridgehead atoms. The largest absolute Gasteiger partial charge is 0.334 e. The molecule has 0 aliphatic rings. The molecule has 7 nitrogen and oxygen atoms in total. The summed E-state index contributed by atoms with van der Waals surface area (Å²) >= 11 is 0. The predicted octanol–water partition coefficient (Wildman–Crippen LogP) is 8.24. The third-order valence-corrected chi connectivity index (χ3v) is 8.33. The molecule has 5 aromatic carbocycles. The third kappa shape index (κ3) is 5.30. The summed E-state index contributed by atoms with van der Waals surface area (Å²) in [6.45, 7) is 0. The van der Waals surface area contributed by atoms with E-state index in [0.717, 1.165) is 50.0 Å². The Kier molecular flexibility index (Phi) is 7.04. The van der Waals surface area contributed by atoms with Gasteiger partial charge in [0.25, 0.3) is 0 Å². The van der Waals surface area contributed by atoms with Gasteiger partial charge in [0.15, 0.2) is 17.5 Å². The number of hydrogen-bond donors (Lipinski definition) is 0. The molecule has 3 aromatic heterocycles. The predicted molar refractivity (Wildman–Crippen MR) is 187 cm³/mol. The zero-order chi connectivity index (χ0) is 31.7. The number of nitrogens with zero attached hydrogens (tertiary/aromatic N) is 6. The number of pyridine rings is 1. The van der Waals surface area contributed by atoms with Gasteiger partial charge >= 0.3 is 5.69 Å². The van der Waals surface area contributed by atoms with Crippen molar-refractivity contribution in [2.45, 2.75) is 0 Å². The highest BCUT2D eigenvalue weighted by Crippen LogP contribution is 2.30. The molecule has 0 spiro atoms. The van der Waals surface area contributed by atoms with Gasteiger partial charge in [-0.3, -0.25) is 4.57 Å². The fourth-order valence-corrected chi connectivity index (χ4v) is 5.83. The van der Waals surface area contributed by atoms with Crippen LogP contribution in [0.5, 0.6) is 0 Å². The second-order valence-corrected chi connectivity index (χ2v) is 11.3. The molecule has 0 aliphatic heterocycles. The Morgan fingerprint density at radius 3 is 1.40 bits per heavy atom. The Balaban J connectivity index is 1.09. The van der Waals surface area contributed by atoms with E-state index in [1.54, 1.807) is 22.4 Å². The number of benzene rings is 5. The highest BCUT2D eigenvalue weighted by Gasteiger charge is 2.15. The van der Waals surface area contributed by atoms with E-state index in [-0.39, 0.29) is 5.69 Å². The Bertz CT molecular complexity index is 2340. The smallest absolute Gasteiger partial charge is 0.295 e. The van der Waals surface area contributed by atoms with E-state index in [2.05, 4.69) is 59.6 Å². The molecule has 0 unspecified atom stereocenters. The quantitative estimate of drug-likeness (QED) is 0.190. The molecule has 0 aliphatic carbocycles. The monoisotopic (exact) mass is 608 g/mol. The summed E-state index contributed by atoms with van der Waals surface area (Å²) < 4.78 is 3.31. The van der Waals surface area contributed by atoms with Crippen LogP contribution in [0.3, 0.4) is 0 Å². The van der Waals surface area contributed by atoms with Gasteiger partial charge in [-0.05, 0) is 46.5 Å². The summed E-state index contributed by atoms with van der Waals surface area (Å²) in [6, 6.07) is 48.4. The topological polar surface area (TPSA) is 78.5 Å². The number of aromatic nitrogens is 6. The molecular formula is C40H28N6O. The molecule has 3 heterocycles. The van der Waals surface area contributed by atoms with Crippen LogP contribution in [-0.2, 0) is 7.05 Å². The minimum atomic E-state index is -0.126. The average molecular weight is 609 g/mol. The summed E-state index contributed by atoms with van der Waals surface area (Å²) in [6.07, 6.45) is 1.69.